The Morgan fingerprint density at radius 1 is 1.09 bits per heavy atom. The average Bonchev–Trinajstić information content (AvgIpc) is 2.85. The molecular weight excluding hydrogens is 442 g/mol. The van der Waals surface area contributed by atoms with E-state index in [0.717, 1.165) is 44.1 Å². The number of aromatic nitrogens is 2. The van der Waals surface area contributed by atoms with E-state index >= 15 is 0 Å². The maximum Gasteiger partial charge on any atom is 0.225 e. The Hall–Kier alpha value is -3.14. The molecule has 0 spiro atoms. The summed E-state index contributed by atoms with van der Waals surface area (Å²) in [5.41, 5.74) is 7.26. The van der Waals surface area contributed by atoms with Gasteiger partial charge in [-0.1, -0.05) is 5.16 Å². The fourth-order valence-electron chi connectivity index (χ4n) is 4.81. The second-order valence-corrected chi connectivity index (χ2v) is 8.88. The number of rotatable bonds is 6. The summed E-state index contributed by atoms with van der Waals surface area (Å²) in [6.45, 7) is 3.59. The van der Waals surface area contributed by atoms with E-state index in [0.29, 0.717) is 31.6 Å². The van der Waals surface area contributed by atoms with Crippen molar-refractivity contribution in [2.24, 2.45) is 17.0 Å². The van der Waals surface area contributed by atoms with Gasteiger partial charge in [-0.05, 0) is 50.9 Å². The van der Waals surface area contributed by atoms with E-state index in [9.17, 15) is 13.6 Å². The molecule has 0 saturated carbocycles. The second-order valence-electron chi connectivity index (χ2n) is 8.88. The summed E-state index contributed by atoms with van der Waals surface area (Å²) in [5, 5.41) is 4.05. The standard InChI is InChI=1S/C24H30F2N6O2/c1-34-30-22(20-3-2-19(25)12-21(20)26)17-6-10-32(11-7-17)23(33)18-4-8-31(9-5-18)15-16-13-28-24(27)29-14-16/h2-3,12-14,17-18H,4-11,15H2,1H3,(H2,27,28,29)/b30-22-. The molecule has 1 aromatic carbocycles. The molecular formula is C24H30F2N6O2. The lowest BCUT2D eigenvalue weighted by Gasteiger charge is -2.37. The minimum atomic E-state index is -0.661. The molecule has 2 N–H and O–H groups in total. The van der Waals surface area contributed by atoms with Gasteiger partial charge in [0.05, 0.1) is 5.71 Å². The molecule has 0 atom stereocenters. The molecule has 0 bridgehead atoms. The zero-order valence-electron chi connectivity index (χ0n) is 19.3. The largest absolute Gasteiger partial charge is 0.399 e. The molecule has 2 aliphatic heterocycles. The number of piperidine rings is 2. The second kappa shape index (κ2) is 10.9. The number of hydrogen-bond donors (Lipinski definition) is 1. The Morgan fingerprint density at radius 3 is 2.35 bits per heavy atom. The number of nitrogens with zero attached hydrogens (tertiary/aromatic N) is 5. The molecule has 0 radical (unpaired) electrons. The van der Waals surface area contributed by atoms with Crippen molar-refractivity contribution in [3.8, 4) is 0 Å². The summed E-state index contributed by atoms with van der Waals surface area (Å²) in [6, 6.07) is 3.46. The lowest BCUT2D eigenvalue weighted by molar-refractivity contribution is -0.138. The first-order chi connectivity index (χ1) is 16.4. The van der Waals surface area contributed by atoms with Crippen molar-refractivity contribution in [1.82, 2.24) is 19.8 Å². The van der Waals surface area contributed by atoms with Crippen LogP contribution in [0.2, 0.25) is 0 Å². The summed E-state index contributed by atoms with van der Waals surface area (Å²) in [5.74, 6) is -0.893. The number of carbonyl (C=O) groups excluding carboxylic acids is 1. The average molecular weight is 473 g/mol. The van der Waals surface area contributed by atoms with E-state index in [-0.39, 0.29) is 29.3 Å². The van der Waals surface area contributed by atoms with Gasteiger partial charge in [-0.25, -0.2) is 18.7 Å². The summed E-state index contributed by atoms with van der Waals surface area (Å²) in [4.78, 5) is 30.4. The molecule has 2 aliphatic rings. The normalized spacial score (nSPS) is 18.8. The third kappa shape index (κ3) is 5.67. The monoisotopic (exact) mass is 472 g/mol. The molecule has 8 nitrogen and oxygen atoms in total. The van der Waals surface area contributed by atoms with Gasteiger partial charge in [-0.2, -0.15) is 0 Å². The van der Waals surface area contributed by atoms with Gasteiger partial charge in [0.15, 0.2) is 0 Å². The number of likely N-dealkylation sites (tertiary alicyclic amines) is 2. The van der Waals surface area contributed by atoms with Crippen LogP contribution in [0.5, 0.6) is 0 Å². The maximum atomic E-state index is 14.4. The molecule has 3 heterocycles. The van der Waals surface area contributed by atoms with Crippen molar-refractivity contribution >= 4 is 17.6 Å². The summed E-state index contributed by atoms with van der Waals surface area (Å²) in [7, 11) is 1.41. The quantitative estimate of drug-likeness (QED) is 0.513. The number of halogens is 2. The Labute approximate surface area is 197 Å². The highest BCUT2D eigenvalue weighted by molar-refractivity contribution is 6.02. The lowest BCUT2D eigenvalue weighted by Crippen LogP contribution is -2.46. The zero-order valence-corrected chi connectivity index (χ0v) is 19.3. The van der Waals surface area contributed by atoms with Gasteiger partial charge in [-0.3, -0.25) is 9.69 Å². The number of benzene rings is 1. The van der Waals surface area contributed by atoms with Gasteiger partial charge >= 0.3 is 0 Å². The van der Waals surface area contributed by atoms with Crippen LogP contribution in [0.4, 0.5) is 14.7 Å². The van der Waals surface area contributed by atoms with Crippen molar-refractivity contribution < 1.29 is 18.4 Å². The molecule has 10 heteroatoms. The van der Waals surface area contributed by atoms with E-state index in [1.165, 1.54) is 19.2 Å². The molecule has 1 aromatic heterocycles. The fraction of sp³-hybridized carbons (Fsp3) is 0.500. The van der Waals surface area contributed by atoms with Gasteiger partial charge in [-0.15, -0.1) is 0 Å². The van der Waals surface area contributed by atoms with E-state index in [1.54, 1.807) is 12.4 Å². The Bertz CT molecular complexity index is 1020. The highest BCUT2D eigenvalue weighted by atomic mass is 19.1. The molecule has 34 heavy (non-hydrogen) atoms. The summed E-state index contributed by atoms with van der Waals surface area (Å²) < 4.78 is 27.7. The van der Waals surface area contributed by atoms with Gasteiger partial charge in [0.25, 0.3) is 0 Å². The minimum absolute atomic E-state index is 0.0112. The third-order valence-electron chi connectivity index (χ3n) is 6.66. The molecule has 0 aliphatic carbocycles. The lowest BCUT2D eigenvalue weighted by atomic mass is 9.86. The van der Waals surface area contributed by atoms with E-state index in [4.69, 9.17) is 10.6 Å². The van der Waals surface area contributed by atoms with Crippen LogP contribution in [-0.2, 0) is 16.2 Å². The fourth-order valence-corrected chi connectivity index (χ4v) is 4.81. The number of hydrogen-bond acceptors (Lipinski definition) is 7. The predicted molar refractivity (Wildman–Crippen MR) is 124 cm³/mol. The number of nitrogen functional groups attached to an aromatic ring is 1. The van der Waals surface area contributed by atoms with Crippen LogP contribution in [0.15, 0.2) is 35.7 Å². The van der Waals surface area contributed by atoms with Gasteiger partial charge < -0.3 is 15.5 Å². The number of nitrogens with two attached hydrogens (primary N) is 1. The smallest absolute Gasteiger partial charge is 0.225 e. The topological polar surface area (TPSA) is 96.9 Å². The Balaban J connectivity index is 1.29. The van der Waals surface area contributed by atoms with E-state index in [2.05, 4.69) is 20.0 Å². The van der Waals surface area contributed by atoms with Crippen molar-refractivity contribution in [1.29, 1.82) is 0 Å². The number of amides is 1. The highest BCUT2D eigenvalue weighted by Gasteiger charge is 2.33. The zero-order chi connectivity index (χ0) is 24.1. The predicted octanol–water partition coefficient (Wildman–Crippen LogP) is 2.84. The molecule has 2 aromatic rings. The van der Waals surface area contributed by atoms with Crippen LogP contribution in [-0.4, -0.2) is 64.7 Å². The van der Waals surface area contributed by atoms with Crippen LogP contribution < -0.4 is 5.73 Å². The molecule has 4 rings (SSSR count). The van der Waals surface area contributed by atoms with Crippen LogP contribution in [0, 0.1) is 23.5 Å². The Kier molecular flexibility index (Phi) is 7.66. The maximum absolute atomic E-state index is 14.4. The molecule has 2 fully saturated rings. The minimum Gasteiger partial charge on any atom is -0.399 e. The van der Waals surface area contributed by atoms with Gasteiger partial charge in [0.2, 0.25) is 11.9 Å². The first-order valence-corrected chi connectivity index (χ1v) is 11.6. The molecule has 2 saturated heterocycles. The van der Waals surface area contributed by atoms with Gasteiger partial charge in [0, 0.05) is 61.1 Å². The van der Waals surface area contributed by atoms with Crippen LogP contribution in [0.25, 0.3) is 0 Å². The van der Waals surface area contributed by atoms with Crippen LogP contribution in [0.1, 0.15) is 36.8 Å². The summed E-state index contributed by atoms with van der Waals surface area (Å²) in [6.07, 6.45) is 6.41. The van der Waals surface area contributed by atoms with Crippen molar-refractivity contribution in [3.63, 3.8) is 0 Å². The molecule has 1 amide bonds. The molecule has 182 valence electrons. The van der Waals surface area contributed by atoms with Gasteiger partial charge in [0.1, 0.15) is 18.7 Å². The third-order valence-corrected chi connectivity index (χ3v) is 6.66. The first-order valence-electron chi connectivity index (χ1n) is 11.6. The Morgan fingerprint density at radius 2 is 1.74 bits per heavy atom. The van der Waals surface area contributed by atoms with E-state index < -0.39 is 11.6 Å². The molecule has 0 unspecified atom stereocenters. The number of anilines is 1. The SMILES string of the molecule is CO/N=C(\c1ccc(F)cc1F)C1CCN(C(=O)C2CCN(Cc3cnc(N)nc3)CC2)CC1. The first kappa shape index (κ1) is 24.0. The number of carbonyl (C=O) groups is 1. The number of oxime groups is 1. The highest BCUT2D eigenvalue weighted by Crippen LogP contribution is 2.28. The van der Waals surface area contributed by atoms with Crippen molar-refractivity contribution in [2.75, 3.05) is 39.0 Å². The van der Waals surface area contributed by atoms with Crippen molar-refractivity contribution in [2.45, 2.75) is 32.2 Å². The van der Waals surface area contributed by atoms with Crippen molar-refractivity contribution in [3.05, 3.63) is 53.4 Å². The van der Waals surface area contributed by atoms with Crippen LogP contribution >= 0.6 is 0 Å². The van der Waals surface area contributed by atoms with E-state index in [1.807, 2.05) is 4.90 Å². The van der Waals surface area contributed by atoms with Crippen LogP contribution in [0.3, 0.4) is 0 Å². The summed E-state index contributed by atoms with van der Waals surface area (Å²) >= 11 is 0.